The Labute approximate surface area is 146 Å². The van der Waals surface area contributed by atoms with Crippen LogP contribution in [0.15, 0.2) is 91.5 Å². The molecule has 4 aromatic rings. The lowest BCUT2D eigenvalue weighted by Crippen LogP contribution is -2.01. The van der Waals surface area contributed by atoms with Gasteiger partial charge in [-0.2, -0.15) is 0 Å². The Kier molecular flexibility index (Phi) is 4.25. The summed E-state index contributed by atoms with van der Waals surface area (Å²) in [6, 6.07) is 24.3. The first kappa shape index (κ1) is 15.1. The molecule has 0 N–H and O–H groups in total. The minimum Gasteiger partial charge on any atom is -0.421 e. The fourth-order valence-corrected chi connectivity index (χ4v) is 2.64. The Hall–Kier alpha value is -3.40. The second-order valence-corrected chi connectivity index (χ2v) is 5.70. The number of ether oxygens (including phenoxy) is 1. The Morgan fingerprint density at radius 1 is 0.760 bits per heavy atom. The van der Waals surface area contributed by atoms with Gasteiger partial charge < -0.3 is 4.74 Å². The van der Waals surface area contributed by atoms with Crippen LogP contribution >= 0.6 is 0 Å². The van der Waals surface area contributed by atoms with Gasteiger partial charge in [0.15, 0.2) is 0 Å². The smallest absolute Gasteiger partial charge is 0.222 e. The van der Waals surface area contributed by atoms with Gasteiger partial charge in [-0.05, 0) is 17.2 Å². The van der Waals surface area contributed by atoms with E-state index < -0.39 is 0 Å². The van der Waals surface area contributed by atoms with Gasteiger partial charge in [-0.1, -0.05) is 60.7 Å². The van der Waals surface area contributed by atoms with Crippen molar-refractivity contribution < 1.29 is 4.74 Å². The van der Waals surface area contributed by atoms with Crippen LogP contribution in [0, 0.1) is 0 Å². The van der Waals surface area contributed by atoms with Crippen molar-refractivity contribution in [3.63, 3.8) is 0 Å². The van der Waals surface area contributed by atoms with Gasteiger partial charge in [0.1, 0.15) is 0 Å². The zero-order valence-corrected chi connectivity index (χ0v) is 13.6. The summed E-state index contributed by atoms with van der Waals surface area (Å²) in [6.45, 7) is 0.707. The number of benzene rings is 2. The lowest BCUT2D eigenvalue weighted by molar-refractivity contribution is 0.420. The van der Waals surface area contributed by atoms with E-state index in [1.807, 2.05) is 59.3 Å². The van der Waals surface area contributed by atoms with Crippen molar-refractivity contribution in [2.24, 2.45) is 0 Å². The van der Waals surface area contributed by atoms with Crippen LogP contribution in [0.2, 0.25) is 0 Å². The zero-order chi connectivity index (χ0) is 16.9. The molecule has 122 valence electrons. The predicted molar refractivity (Wildman–Crippen MR) is 97.5 cm³/mol. The van der Waals surface area contributed by atoms with Crippen LogP contribution in [0.4, 0.5) is 0 Å². The minimum absolute atomic E-state index is 0.550. The SMILES string of the molecule is c1ccc(Cn2cncc2Oc2ccc(-c3ccccc3)cn2)cc1. The van der Waals surface area contributed by atoms with Crippen LogP contribution in [0.1, 0.15) is 5.56 Å². The van der Waals surface area contributed by atoms with E-state index in [4.69, 9.17) is 4.74 Å². The van der Waals surface area contributed by atoms with Gasteiger partial charge in [0.2, 0.25) is 11.8 Å². The average Bonchev–Trinajstić information content (AvgIpc) is 3.10. The summed E-state index contributed by atoms with van der Waals surface area (Å²) < 4.78 is 7.86. The number of nitrogens with zero attached hydrogens (tertiary/aromatic N) is 3. The molecule has 4 nitrogen and oxygen atoms in total. The summed E-state index contributed by atoms with van der Waals surface area (Å²) in [5.41, 5.74) is 3.39. The molecule has 0 aliphatic rings. The van der Waals surface area contributed by atoms with Gasteiger partial charge >= 0.3 is 0 Å². The molecule has 0 saturated carbocycles. The highest BCUT2D eigenvalue weighted by Crippen LogP contribution is 2.23. The summed E-state index contributed by atoms with van der Waals surface area (Å²) >= 11 is 0. The molecule has 0 atom stereocenters. The molecule has 0 aliphatic carbocycles. The quantitative estimate of drug-likeness (QED) is 0.529. The predicted octanol–water partition coefficient (Wildman–Crippen LogP) is 4.79. The average molecular weight is 327 g/mol. The first-order valence-corrected chi connectivity index (χ1v) is 8.12. The summed E-state index contributed by atoms with van der Waals surface area (Å²) in [7, 11) is 0. The Balaban J connectivity index is 1.51. The molecule has 0 amide bonds. The largest absolute Gasteiger partial charge is 0.421 e. The number of hydrogen-bond donors (Lipinski definition) is 0. The lowest BCUT2D eigenvalue weighted by atomic mass is 10.1. The first-order valence-electron chi connectivity index (χ1n) is 8.12. The molecule has 2 aromatic carbocycles. The van der Waals surface area contributed by atoms with Gasteiger partial charge in [-0.3, -0.25) is 4.57 Å². The van der Waals surface area contributed by atoms with Crippen LogP contribution < -0.4 is 4.74 Å². The highest BCUT2D eigenvalue weighted by molar-refractivity contribution is 5.62. The van der Waals surface area contributed by atoms with Crippen molar-refractivity contribution in [2.45, 2.75) is 6.54 Å². The standard InChI is InChI=1S/C21H17N3O/c1-3-7-17(8-4-1)15-24-16-22-14-21(24)25-20-12-11-19(13-23-20)18-9-5-2-6-10-18/h1-14,16H,15H2. The maximum atomic E-state index is 5.90. The molecule has 0 fully saturated rings. The van der Waals surface area contributed by atoms with Gasteiger partial charge in [-0.25, -0.2) is 9.97 Å². The van der Waals surface area contributed by atoms with E-state index in [1.165, 1.54) is 5.56 Å². The van der Waals surface area contributed by atoms with Gasteiger partial charge in [0.25, 0.3) is 0 Å². The molecule has 25 heavy (non-hydrogen) atoms. The molecule has 4 heteroatoms. The molecule has 4 rings (SSSR count). The topological polar surface area (TPSA) is 39.9 Å². The molecular formula is C21H17N3O. The van der Waals surface area contributed by atoms with E-state index in [0.29, 0.717) is 18.3 Å². The molecule has 0 spiro atoms. The minimum atomic E-state index is 0.550. The maximum absolute atomic E-state index is 5.90. The third kappa shape index (κ3) is 3.58. The van der Waals surface area contributed by atoms with Crippen molar-refractivity contribution in [3.8, 4) is 22.9 Å². The fraction of sp³-hybridized carbons (Fsp3) is 0.0476. The number of rotatable bonds is 5. The molecule has 2 aromatic heterocycles. The molecule has 0 aliphatic heterocycles. The van der Waals surface area contributed by atoms with E-state index in [2.05, 4.69) is 34.2 Å². The third-order valence-corrected chi connectivity index (χ3v) is 3.92. The van der Waals surface area contributed by atoms with Crippen molar-refractivity contribution in [3.05, 3.63) is 97.1 Å². The molecular weight excluding hydrogens is 310 g/mol. The van der Waals surface area contributed by atoms with Crippen LogP contribution in [0.3, 0.4) is 0 Å². The second kappa shape index (κ2) is 7.01. The number of imidazole rings is 1. The van der Waals surface area contributed by atoms with E-state index >= 15 is 0 Å². The molecule has 0 saturated heterocycles. The number of aromatic nitrogens is 3. The Morgan fingerprint density at radius 3 is 2.24 bits per heavy atom. The maximum Gasteiger partial charge on any atom is 0.222 e. The van der Waals surface area contributed by atoms with E-state index in [9.17, 15) is 0 Å². The van der Waals surface area contributed by atoms with Crippen molar-refractivity contribution in [2.75, 3.05) is 0 Å². The second-order valence-electron chi connectivity index (χ2n) is 5.70. The van der Waals surface area contributed by atoms with Crippen LogP contribution in [0.25, 0.3) is 11.1 Å². The van der Waals surface area contributed by atoms with Crippen molar-refractivity contribution in [1.29, 1.82) is 0 Å². The van der Waals surface area contributed by atoms with Crippen LogP contribution in [-0.4, -0.2) is 14.5 Å². The fourth-order valence-electron chi connectivity index (χ4n) is 2.64. The van der Waals surface area contributed by atoms with Gasteiger partial charge in [0.05, 0.1) is 19.1 Å². The zero-order valence-electron chi connectivity index (χ0n) is 13.6. The first-order chi connectivity index (χ1) is 12.4. The number of hydrogen-bond acceptors (Lipinski definition) is 3. The Bertz CT molecular complexity index is 932. The third-order valence-electron chi connectivity index (χ3n) is 3.92. The monoisotopic (exact) mass is 327 g/mol. The summed E-state index contributed by atoms with van der Waals surface area (Å²) in [5, 5.41) is 0. The molecule has 2 heterocycles. The van der Waals surface area contributed by atoms with Crippen molar-refractivity contribution >= 4 is 0 Å². The van der Waals surface area contributed by atoms with E-state index in [-0.39, 0.29) is 0 Å². The van der Waals surface area contributed by atoms with Gasteiger partial charge in [0, 0.05) is 17.8 Å². The molecule has 0 radical (unpaired) electrons. The van der Waals surface area contributed by atoms with Crippen molar-refractivity contribution in [1.82, 2.24) is 14.5 Å². The lowest BCUT2D eigenvalue weighted by Gasteiger charge is -2.09. The Morgan fingerprint density at radius 2 is 1.52 bits per heavy atom. The summed E-state index contributed by atoms with van der Waals surface area (Å²) in [5.74, 6) is 1.22. The highest BCUT2D eigenvalue weighted by atomic mass is 16.5. The number of pyridine rings is 1. The van der Waals surface area contributed by atoms with Crippen LogP contribution in [-0.2, 0) is 6.54 Å². The van der Waals surface area contributed by atoms with Gasteiger partial charge in [-0.15, -0.1) is 0 Å². The molecule has 0 unspecified atom stereocenters. The normalized spacial score (nSPS) is 10.6. The summed E-state index contributed by atoms with van der Waals surface area (Å²) in [4.78, 5) is 8.60. The van der Waals surface area contributed by atoms with E-state index in [0.717, 1.165) is 11.1 Å². The van der Waals surface area contributed by atoms with E-state index in [1.54, 1.807) is 12.5 Å². The van der Waals surface area contributed by atoms with Crippen LogP contribution in [0.5, 0.6) is 11.8 Å². The highest BCUT2D eigenvalue weighted by Gasteiger charge is 2.07. The summed E-state index contributed by atoms with van der Waals surface area (Å²) in [6.07, 6.45) is 5.29. The molecule has 0 bridgehead atoms.